The third-order valence-corrected chi connectivity index (χ3v) is 10.1. The van der Waals surface area contributed by atoms with Crippen LogP contribution in [0.5, 0.6) is 0 Å². The van der Waals surface area contributed by atoms with Gasteiger partial charge in [0.05, 0.1) is 8.80 Å². The number of benzene rings is 2. The Kier molecular flexibility index (Phi) is 12.6. The summed E-state index contributed by atoms with van der Waals surface area (Å²) in [6.07, 6.45) is 9.56. The first-order chi connectivity index (χ1) is 12.9. The van der Waals surface area contributed by atoms with Crippen molar-refractivity contribution >= 4 is 19.2 Å². The van der Waals surface area contributed by atoms with Crippen LogP contribution in [0.25, 0.3) is 0 Å². The molecule has 1 saturated carbocycles. The van der Waals surface area contributed by atoms with E-state index in [-0.39, 0.29) is 58.9 Å². The molecule has 2 aliphatic carbocycles. The zero-order chi connectivity index (χ0) is 19.1. The molecule has 2 aromatic carbocycles. The van der Waals surface area contributed by atoms with E-state index in [2.05, 4.69) is 89.2 Å². The number of rotatable bonds is 3. The summed E-state index contributed by atoms with van der Waals surface area (Å²) in [6.45, 7) is 11.4. The minimum Gasteiger partial charge on any atom is -1.00 e. The molecule has 2 aliphatic rings. The van der Waals surface area contributed by atoms with E-state index in [4.69, 9.17) is 0 Å². The molecule has 0 nitrogen and oxygen atoms in total. The van der Waals surface area contributed by atoms with E-state index >= 15 is 0 Å². The van der Waals surface area contributed by atoms with E-state index in [1.807, 2.05) is 0 Å². The molecule has 0 aromatic heterocycles. The summed E-state index contributed by atoms with van der Waals surface area (Å²) in [5.41, 5.74) is 7.97. The molecular formula is C26H31Cl3SiTi. The van der Waals surface area contributed by atoms with Gasteiger partial charge >= 0.3 is 21.7 Å². The molecular weight excluding hydrogens is 495 g/mol. The van der Waals surface area contributed by atoms with Crippen molar-refractivity contribution < 1.29 is 58.9 Å². The molecule has 0 radical (unpaired) electrons. The Morgan fingerprint density at radius 3 is 1.65 bits per heavy atom. The van der Waals surface area contributed by atoms with Gasteiger partial charge in [-0.1, -0.05) is 81.0 Å². The van der Waals surface area contributed by atoms with Gasteiger partial charge in [-0.25, -0.2) is 17.6 Å². The summed E-state index contributed by atoms with van der Waals surface area (Å²) in [5.74, 6) is 2.41. The van der Waals surface area contributed by atoms with Crippen LogP contribution >= 0.6 is 0 Å². The molecule has 2 aromatic rings. The molecule has 0 heterocycles. The molecule has 31 heavy (non-hydrogen) atoms. The van der Waals surface area contributed by atoms with Crippen LogP contribution in [0.4, 0.5) is 0 Å². The molecule has 0 saturated heterocycles. The number of hydrogen-bond acceptors (Lipinski definition) is 0. The summed E-state index contributed by atoms with van der Waals surface area (Å²) in [6, 6.07) is 14.5. The average molecular weight is 526 g/mol. The van der Waals surface area contributed by atoms with E-state index in [1.165, 1.54) is 35.1 Å². The summed E-state index contributed by atoms with van der Waals surface area (Å²) >= 11 is 0. The van der Waals surface area contributed by atoms with Crippen LogP contribution in [-0.2, 0) is 21.7 Å². The van der Waals surface area contributed by atoms with Crippen molar-refractivity contribution in [3.05, 3.63) is 88.4 Å². The van der Waals surface area contributed by atoms with Gasteiger partial charge in [-0.2, -0.15) is 0 Å². The Morgan fingerprint density at radius 2 is 1.23 bits per heavy atom. The Hall–Kier alpha value is -0.409. The summed E-state index contributed by atoms with van der Waals surface area (Å²) in [4.78, 5) is 0. The van der Waals surface area contributed by atoms with Gasteiger partial charge in [0.15, 0.2) is 0 Å². The monoisotopic (exact) mass is 524 g/mol. The van der Waals surface area contributed by atoms with Crippen molar-refractivity contribution in [2.75, 3.05) is 0 Å². The quantitative estimate of drug-likeness (QED) is 0.284. The second kappa shape index (κ2) is 12.7. The van der Waals surface area contributed by atoms with E-state index < -0.39 is 8.80 Å². The van der Waals surface area contributed by atoms with Gasteiger partial charge in [0.1, 0.15) is 0 Å². The van der Waals surface area contributed by atoms with E-state index in [1.54, 1.807) is 21.9 Å². The first kappa shape index (κ1) is 30.6. The van der Waals surface area contributed by atoms with Crippen molar-refractivity contribution in [2.24, 2.45) is 5.92 Å². The number of halogens is 3. The molecule has 1 fully saturated rings. The second-order valence-electron chi connectivity index (χ2n) is 8.83. The molecule has 0 spiro atoms. The smallest absolute Gasteiger partial charge is 1.00 e. The zero-order valence-corrected chi connectivity index (χ0v) is 24.0. The maximum absolute atomic E-state index is 2.48. The molecule has 0 aliphatic heterocycles. The third kappa shape index (κ3) is 6.56. The van der Waals surface area contributed by atoms with Gasteiger partial charge in [0, 0.05) is 0 Å². The Labute approximate surface area is 224 Å². The van der Waals surface area contributed by atoms with Crippen LogP contribution in [0.2, 0.25) is 5.54 Å². The van der Waals surface area contributed by atoms with Gasteiger partial charge in [0.25, 0.3) is 0 Å². The zero-order valence-electron chi connectivity index (χ0n) is 19.0. The molecule has 2 atom stereocenters. The minimum atomic E-state index is -1.36. The second-order valence-corrected chi connectivity index (χ2v) is 11.9. The third-order valence-electron chi connectivity index (χ3n) is 6.43. The fourth-order valence-electron chi connectivity index (χ4n) is 5.47. The van der Waals surface area contributed by atoms with E-state index in [9.17, 15) is 0 Å². The number of aryl methyl sites for hydroxylation is 4. The van der Waals surface area contributed by atoms with Crippen LogP contribution in [-0.4, -0.2) is 8.80 Å². The van der Waals surface area contributed by atoms with Crippen molar-refractivity contribution in [1.82, 2.24) is 0 Å². The maximum Gasteiger partial charge on any atom is 4.00 e. The summed E-state index contributed by atoms with van der Waals surface area (Å²) < 4.78 is 0. The molecule has 5 heteroatoms. The normalized spacial score (nSPS) is 18.8. The van der Waals surface area contributed by atoms with Gasteiger partial charge in [-0.05, 0) is 40.0 Å². The molecule has 4 rings (SSSR count). The van der Waals surface area contributed by atoms with Gasteiger partial charge in [-0.15, -0.1) is 19.1 Å². The molecule has 0 bridgehead atoms. The van der Waals surface area contributed by atoms with Gasteiger partial charge in [-0.3, -0.25) is 0 Å². The molecule has 0 amide bonds. The van der Waals surface area contributed by atoms with Crippen LogP contribution in [0.15, 0.2) is 60.2 Å². The largest absolute Gasteiger partial charge is 4.00 e. The van der Waals surface area contributed by atoms with Crippen molar-refractivity contribution in [2.45, 2.75) is 53.0 Å². The van der Waals surface area contributed by atoms with Crippen molar-refractivity contribution in [1.29, 1.82) is 0 Å². The summed E-state index contributed by atoms with van der Waals surface area (Å²) in [7, 11) is -1.36. The predicted molar refractivity (Wildman–Crippen MR) is 121 cm³/mol. The first-order valence-corrected chi connectivity index (χ1v) is 12.1. The molecule has 2 unspecified atom stereocenters. The van der Waals surface area contributed by atoms with Crippen LogP contribution in [0, 0.1) is 39.5 Å². The Morgan fingerprint density at radius 1 is 0.774 bits per heavy atom. The topological polar surface area (TPSA) is 0 Å². The molecule has 0 N–H and O–H groups in total. The predicted octanol–water partition coefficient (Wildman–Crippen LogP) is -3.86. The van der Waals surface area contributed by atoms with Gasteiger partial charge in [0.2, 0.25) is 0 Å². The van der Waals surface area contributed by atoms with Crippen LogP contribution in [0.1, 0.15) is 42.0 Å². The van der Waals surface area contributed by atoms with Crippen molar-refractivity contribution in [3.8, 4) is 0 Å². The average Bonchev–Trinajstić information content (AvgIpc) is 2.91. The molecule has 164 valence electrons. The Balaban J connectivity index is 0.00000225. The van der Waals surface area contributed by atoms with Crippen molar-refractivity contribution in [3.63, 3.8) is 0 Å². The fourth-order valence-corrected chi connectivity index (χ4v) is 9.85. The fraction of sp³-hybridized carbons (Fsp3) is 0.346. The number of fused-ring (bicyclic) bond motifs is 1. The van der Waals surface area contributed by atoms with E-state index in [0.29, 0.717) is 0 Å². The minimum absolute atomic E-state index is 0. The standard InChI is InChI=1S/C26H31Si.3ClH.Ti/c1-17-10-18(2)13-23(12-17)27(24-14-19(3)11-20(4)15-24)26-16-22-8-6-7-9-25(22)21(26)5;;;;/h6-7,9-15,22,26-27H,8,16H2,1-5H3;3*1H;/q-1;;;;+4/p-3. The van der Waals surface area contributed by atoms with Crippen LogP contribution < -0.4 is 47.6 Å². The summed E-state index contributed by atoms with van der Waals surface area (Å²) in [5, 5.41) is 3.24. The maximum atomic E-state index is 2.48. The Bertz CT molecular complexity index is 846. The first-order valence-electron chi connectivity index (χ1n) is 10.3. The van der Waals surface area contributed by atoms with Crippen LogP contribution in [0.3, 0.4) is 0 Å². The van der Waals surface area contributed by atoms with E-state index in [0.717, 1.165) is 11.5 Å². The van der Waals surface area contributed by atoms with Gasteiger partial charge < -0.3 is 37.2 Å². The number of hydrogen-bond donors (Lipinski definition) is 0. The number of allylic oxidation sites excluding steroid dienone is 4. The SMILES string of the molecule is Cc1cc(C)cc([SiH](c2cc(C)cc(C)c2)C2CC3CC=CC=C3[C-]2C)c1.[Cl-].[Cl-].[Cl-].[Ti+4].